The molecule has 2 aromatic rings. The Balaban J connectivity index is 1.94. The maximum Gasteiger partial charge on any atom is 0.269 e. The van der Waals surface area contributed by atoms with Crippen LogP contribution < -0.4 is 11.5 Å². The first-order chi connectivity index (χ1) is 14.1. The fraction of sp³-hybridized carbons (Fsp3) is 0.316. The minimum absolute atomic E-state index is 0.159. The number of nitrogens with two attached hydrogens (primary N) is 2. The van der Waals surface area contributed by atoms with Gasteiger partial charge in [-0.3, -0.25) is 14.8 Å². The summed E-state index contributed by atoms with van der Waals surface area (Å²) in [5.41, 5.74) is 7.57. The van der Waals surface area contributed by atoms with Gasteiger partial charge in [0.15, 0.2) is 11.3 Å². The fourth-order valence-electron chi connectivity index (χ4n) is 3.13. The number of rotatable bonds is 6. The summed E-state index contributed by atoms with van der Waals surface area (Å²) in [5, 5.41) is 0. The van der Waals surface area contributed by atoms with Gasteiger partial charge >= 0.3 is 0 Å². The smallest absolute Gasteiger partial charge is 0.269 e. The van der Waals surface area contributed by atoms with E-state index in [9.17, 15) is 26.7 Å². The first-order valence-electron chi connectivity index (χ1n) is 8.70. The zero-order chi connectivity index (χ0) is 22.1. The summed E-state index contributed by atoms with van der Waals surface area (Å²) < 4.78 is 72.6. The summed E-state index contributed by atoms with van der Waals surface area (Å²) in [6.07, 6.45) is -5.49. The van der Waals surface area contributed by atoms with Gasteiger partial charge in [-0.15, -0.1) is 0 Å². The van der Waals surface area contributed by atoms with Gasteiger partial charge in [-0.05, 0) is 23.8 Å². The minimum atomic E-state index is -3.13. The zero-order valence-electron chi connectivity index (χ0n) is 15.4. The standard InChI is InChI=1S/C19H17F5N4O2/c20-12-2-1-9(3-11(12)19(18(23)24)8-30-7-15(26)28-19)4-14(29)16-13(25)5-10(6-27-16)17(21)22/h1-3,5-6,17-18H,4,7-8,25H2,(H2,26,28)/t19-/m0/s1. The van der Waals surface area contributed by atoms with Gasteiger partial charge in [-0.1, -0.05) is 6.07 Å². The van der Waals surface area contributed by atoms with Crippen LogP contribution in [0, 0.1) is 5.82 Å². The number of ketones is 1. The molecule has 0 unspecified atom stereocenters. The molecule has 0 radical (unpaired) electrons. The van der Waals surface area contributed by atoms with Gasteiger partial charge in [-0.2, -0.15) is 0 Å². The van der Waals surface area contributed by atoms with Gasteiger partial charge in [-0.25, -0.2) is 22.0 Å². The van der Waals surface area contributed by atoms with E-state index in [0.29, 0.717) is 0 Å². The van der Waals surface area contributed by atoms with Crippen LogP contribution in [-0.4, -0.2) is 36.2 Å². The number of nitrogen functional groups attached to an aromatic ring is 1. The quantitative estimate of drug-likeness (QED) is 0.544. The summed E-state index contributed by atoms with van der Waals surface area (Å²) >= 11 is 0. The number of aliphatic imine (C=N–C) groups is 1. The normalized spacial score (nSPS) is 19.2. The van der Waals surface area contributed by atoms with Crippen LogP contribution in [0.4, 0.5) is 27.6 Å². The second-order valence-corrected chi connectivity index (χ2v) is 6.74. The second kappa shape index (κ2) is 8.34. The number of hydrogen-bond acceptors (Lipinski definition) is 6. The predicted molar refractivity (Wildman–Crippen MR) is 98.2 cm³/mol. The maximum absolute atomic E-state index is 14.4. The van der Waals surface area contributed by atoms with Crippen LogP contribution in [0.3, 0.4) is 0 Å². The molecule has 3 rings (SSSR count). The van der Waals surface area contributed by atoms with Crippen LogP contribution in [0.2, 0.25) is 0 Å². The summed E-state index contributed by atoms with van der Waals surface area (Å²) in [7, 11) is 0. The molecule has 1 aromatic carbocycles. The van der Waals surface area contributed by atoms with Gasteiger partial charge < -0.3 is 16.2 Å². The van der Waals surface area contributed by atoms with Gasteiger partial charge in [0.05, 0.1) is 12.3 Å². The molecular weight excluding hydrogens is 411 g/mol. The molecule has 0 spiro atoms. The van der Waals surface area contributed by atoms with Crippen molar-refractivity contribution in [2.75, 3.05) is 18.9 Å². The zero-order valence-corrected chi connectivity index (χ0v) is 15.4. The molecule has 0 saturated carbocycles. The van der Waals surface area contributed by atoms with Crippen molar-refractivity contribution in [1.29, 1.82) is 0 Å². The number of benzene rings is 1. The number of amidine groups is 1. The number of halogens is 5. The minimum Gasteiger partial charge on any atom is -0.397 e. The summed E-state index contributed by atoms with van der Waals surface area (Å²) in [6, 6.07) is 4.17. The number of carbonyl (C=O) groups excluding carboxylic acids is 1. The molecule has 1 aliphatic heterocycles. The van der Waals surface area contributed by atoms with E-state index in [0.717, 1.165) is 24.4 Å². The SMILES string of the molecule is NC1=N[C@@](c2cc(CC(=O)c3ncc(C(F)F)cc3N)ccc2F)(C(F)F)COC1. The van der Waals surface area contributed by atoms with E-state index in [2.05, 4.69) is 9.98 Å². The highest BCUT2D eigenvalue weighted by atomic mass is 19.3. The number of aromatic nitrogens is 1. The highest BCUT2D eigenvalue weighted by Gasteiger charge is 2.46. The van der Waals surface area contributed by atoms with Gasteiger partial charge in [0.1, 0.15) is 24.0 Å². The molecule has 1 aromatic heterocycles. The lowest BCUT2D eigenvalue weighted by Gasteiger charge is -2.33. The van der Waals surface area contributed by atoms with Crippen molar-refractivity contribution in [3.8, 4) is 0 Å². The molecule has 2 heterocycles. The molecule has 0 bridgehead atoms. The number of alkyl halides is 4. The Morgan fingerprint density at radius 1 is 1.20 bits per heavy atom. The number of Topliss-reactive ketones (excluding diaryl/α,β-unsaturated/α-hetero) is 1. The van der Waals surface area contributed by atoms with E-state index < -0.39 is 47.7 Å². The van der Waals surface area contributed by atoms with E-state index in [1.165, 1.54) is 6.07 Å². The molecule has 4 N–H and O–H groups in total. The topological polar surface area (TPSA) is 104 Å². The highest BCUT2D eigenvalue weighted by Crippen LogP contribution is 2.37. The number of carbonyl (C=O) groups is 1. The molecule has 30 heavy (non-hydrogen) atoms. The number of pyridine rings is 1. The average Bonchev–Trinajstić information content (AvgIpc) is 2.68. The molecular formula is C19H17F5N4O2. The van der Waals surface area contributed by atoms with Crippen molar-refractivity contribution in [3.05, 3.63) is 58.7 Å². The first kappa shape index (κ1) is 21.6. The first-order valence-corrected chi connectivity index (χ1v) is 8.70. The number of ether oxygens (including phenoxy) is 1. The molecule has 0 fully saturated rings. The Labute approximate surface area is 167 Å². The fourth-order valence-corrected chi connectivity index (χ4v) is 3.13. The molecule has 160 valence electrons. The van der Waals surface area contributed by atoms with E-state index in [-0.39, 0.29) is 35.8 Å². The second-order valence-electron chi connectivity index (χ2n) is 6.74. The summed E-state index contributed by atoms with van der Waals surface area (Å²) in [6.45, 7) is -0.753. The maximum atomic E-state index is 14.4. The van der Waals surface area contributed by atoms with Crippen LogP contribution in [0.5, 0.6) is 0 Å². The monoisotopic (exact) mass is 428 g/mol. The lowest BCUT2D eigenvalue weighted by Crippen LogP contribution is -2.45. The van der Waals surface area contributed by atoms with E-state index in [4.69, 9.17) is 16.2 Å². The van der Waals surface area contributed by atoms with E-state index >= 15 is 0 Å². The van der Waals surface area contributed by atoms with E-state index in [1.54, 1.807) is 0 Å². The molecule has 1 atom stereocenters. The highest BCUT2D eigenvalue weighted by molar-refractivity contribution is 6.00. The van der Waals surface area contributed by atoms with Crippen LogP contribution in [0.25, 0.3) is 0 Å². The average molecular weight is 428 g/mol. The third-order valence-corrected chi connectivity index (χ3v) is 4.59. The van der Waals surface area contributed by atoms with Crippen molar-refractivity contribution in [3.63, 3.8) is 0 Å². The largest absolute Gasteiger partial charge is 0.397 e. The number of anilines is 1. The van der Waals surface area contributed by atoms with Crippen molar-refractivity contribution < 1.29 is 31.5 Å². The summed E-state index contributed by atoms with van der Waals surface area (Å²) in [4.78, 5) is 19.9. The van der Waals surface area contributed by atoms with Gasteiger partial charge in [0.2, 0.25) is 0 Å². The number of hydrogen-bond donors (Lipinski definition) is 2. The van der Waals surface area contributed by atoms with E-state index in [1.807, 2.05) is 0 Å². The van der Waals surface area contributed by atoms with Crippen LogP contribution in [0.15, 0.2) is 35.5 Å². The van der Waals surface area contributed by atoms with Gasteiger partial charge in [0.25, 0.3) is 12.9 Å². The molecule has 6 nitrogen and oxygen atoms in total. The van der Waals surface area contributed by atoms with Crippen molar-refractivity contribution in [2.24, 2.45) is 10.7 Å². The molecule has 1 aliphatic rings. The molecule has 0 aliphatic carbocycles. The Morgan fingerprint density at radius 2 is 1.93 bits per heavy atom. The van der Waals surface area contributed by atoms with Crippen molar-refractivity contribution >= 4 is 17.3 Å². The van der Waals surface area contributed by atoms with Crippen LogP contribution >= 0.6 is 0 Å². The Hall–Kier alpha value is -3.08. The molecule has 0 saturated heterocycles. The summed E-state index contributed by atoms with van der Waals surface area (Å²) in [5.74, 6) is -1.83. The predicted octanol–water partition coefficient (Wildman–Crippen LogP) is 3.01. The van der Waals surface area contributed by atoms with Crippen LogP contribution in [0.1, 0.15) is 33.6 Å². The Bertz CT molecular complexity index is 999. The number of nitrogens with zero attached hydrogens (tertiary/aromatic N) is 2. The van der Waals surface area contributed by atoms with Gasteiger partial charge in [0, 0.05) is 23.7 Å². The Morgan fingerprint density at radius 3 is 2.53 bits per heavy atom. The third kappa shape index (κ3) is 4.11. The lowest BCUT2D eigenvalue weighted by molar-refractivity contribution is -0.0146. The van der Waals surface area contributed by atoms with Crippen LogP contribution in [-0.2, 0) is 16.7 Å². The van der Waals surface area contributed by atoms with Crippen molar-refractivity contribution in [2.45, 2.75) is 24.8 Å². The Kier molecular flexibility index (Phi) is 6.01. The third-order valence-electron chi connectivity index (χ3n) is 4.59. The lowest BCUT2D eigenvalue weighted by atomic mass is 9.88. The molecule has 0 amide bonds. The molecule has 11 heteroatoms. The van der Waals surface area contributed by atoms with Crippen molar-refractivity contribution in [1.82, 2.24) is 4.98 Å².